The molecule has 0 bridgehead atoms. The number of carbonyl (C=O) groups excluding carboxylic acids is 1. The molecule has 3 aromatic rings. The summed E-state index contributed by atoms with van der Waals surface area (Å²) >= 11 is 0. The topological polar surface area (TPSA) is 69.7 Å². The van der Waals surface area contributed by atoms with E-state index in [1.807, 2.05) is 35.0 Å². The molecule has 5 rings (SSSR count). The molecule has 6 heteroatoms. The number of likely N-dealkylation sites (tertiary alicyclic amines) is 1. The van der Waals surface area contributed by atoms with Crippen LogP contribution in [0, 0.1) is 0 Å². The maximum atomic E-state index is 11.3. The van der Waals surface area contributed by atoms with Gasteiger partial charge in [0.15, 0.2) is 0 Å². The Morgan fingerprint density at radius 2 is 1.94 bits per heavy atom. The number of aromatic nitrogens is 1. The number of benzene rings is 2. The second-order valence-corrected chi connectivity index (χ2v) is 8.52. The normalized spacial score (nSPS) is 19.9. The molecule has 2 aromatic carbocycles. The number of piperidine rings is 1. The molecule has 6 nitrogen and oxygen atoms in total. The van der Waals surface area contributed by atoms with E-state index in [0.717, 1.165) is 62.2 Å². The molecule has 1 atom stereocenters. The monoisotopic (exact) mass is 419 g/mol. The van der Waals surface area contributed by atoms with Crippen molar-refractivity contribution in [3.05, 3.63) is 65.9 Å². The molecule has 162 valence electrons. The highest BCUT2D eigenvalue weighted by atomic mass is 16.5. The Morgan fingerprint density at radius 3 is 2.77 bits per heavy atom. The third-order valence-corrected chi connectivity index (χ3v) is 6.44. The van der Waals surface area contributed by atoms with Gasteiger partial charge in [0, 0.05) is 31.2 Å². The van der Waals surface area contributed by atoms with E-state index in [2.05, 4.69) is 29.2 Å². The maximum absolute atomic E-state index is 11.3. The lowest BCUT2D eigenvalue weighted by Crippen LogP contribution is -2.41. The Hall–Kier alpha value is -2.83. The number of primary amides is 1. The minimum Gasteiger partial charge on any atom is -0.490 e. The SMILES string of the molecule is NC(=O)Cn1ccc2c(OC3CCN(CC4OCCc5ccccc54)CC3)cccc21. The quantitative estimate of drug-likeness (QED) is 0.666. The van der Waals surface area contributed by atoms with Crippen LogP contribution in [0.5, 0.6) is 5.75 Å². The van der Waals surface area contributed by atoms with Crippen LogP contribution in [0.4, 0.5) is 0 Å². The minimum atomic E-state index is -0.347. The zero-order valence-electron chi connectivity index (χ0n) is 17.7. The van der Waals surface area contributed by atoms with Crippen molar-refractivity contribution < 1.29 is 14.3 Å². The fourth-order valence-corrected chi connectivity index (χ4v) is 4.86. The first-order valence-corrected chi connectivity index (χ1v) is 11.1. The average Bonchev–Trinajstić information content (AvgIpc) is 3.19. The zero-order chi connectivity index (χ0) is 21.2. The summed E-state index contributed by atoms with van der Waals surface area (Å²) in [5.41, 5.74) is 9.11. The standard InChI is InChI=1S/C25H29N3O3/c26-25(29)17-28-14-10-21-22(28)6-3-7-23(21)31-19-8-12-27(13-9-19)16-24-20-5-2-1-4-18(20)11-15-30-24/h1-7,10,14,19,24H,8-9,11-13,15-17H2,(H2,26,29). The number of nitrogens with zero attached hydrogens (tertiary/aromatic N) is 2. The summed E-state index contributed by atoms with van der Waals surface area (Å²) < 4.78 is 14.4. The van der Waals surface area contributed by atoms with Crippen molar-refractivity contribution in [3.63, 3.8) is 0 Å². The van der Waals surface area contributed by atoms with Gasteiger partial charge in [0.25, 0.3) is 0 Å². The molecule has 1 unspecified atom stereocenters. The molecular weight excluding hydrogens is 390 g/mol. The van der Waals surface area contributed by atoms with Gasteiger partial charge in [-0.15, -0.1) is 0 Å². The van der Waals surface area contributed by atoms with E-state index in [1.54, 1.807) is 0 Å². The molecule has 2 aliphatic rings. The molecule has 2 N–H and O–H groups in total. The fraction of sp³-hybridized carbons (Fsp3) is 0.400. The highest BCUT2D eigenvalue weighted by Gasteiger charge is 2.27. The number of hydrogen-bond donors (Lipinski definition) is 1. The van der Waals surface area contributed by atoms with Gasteiger partial charge >= 0.3 is 0 Å². The molecule has 1 aromatic heterocycles. The predicted molar refractivity (Wildman–Crippen MR) is 120 cm³/mol. The van der Waals surface area contributed by atoms with E-state index >= 15 is 0 Å². The lowest BCUT2D eigenvalue weighted by atomic mass is 9.96. The molecule has 2 aliphatic heterocycles. The maximum Gasteiger partial charge on any atom is 0.237 e. The van der Waals surface area contributed by atoms with Gasteiger partial charge in [-0.05, 0) is 48.6 Å². The van der Waals surface area contributed by atoms with Crippen molar-refractivity contribution in [1.82, 2.24) is 9.47 Å². The number of amides is 1. The highest BCUT2D eigenvalue weighted by Crippen LogP contribution is 2.31. The molecule has 1 saturated heterocycles. The van der Waals surface area contributed by atoms with E-state index in [0.29, 0.717) is 0 Å². The number of carbonyl (C=O) groups is 1. The van der Waals surface area contributed by atoms with Crippen LogP contribution in [-0.4, -0.2) is 47.7 Å². The molecule has 0 aliphatic carbocycles. The first kappa shape index (κ1) is 20.1. The predicted octanol–water partition coefficient (Wildman–Crippen LogP) is 3.28. The van der Waals surface area contributed by atoms with Crippen LogP contribution in [0.15, 0.2) is 54.7 Å². The van der Waals surface area contributed by atoms with Gasteiger partial charge < -0.3 is 24.7 Å². The number of rotatable bonds is 6. The lowest BCUT2D eigenvalue weighted by Gasteiger charge is -2.36. The van der Waals surface area contributed by atoms with Gasteiger partial charge in [0.1, 0.15) is 18.4 Å². The molecular formula is C25H29N3O3. The zero-order valence-corrected chi connectivity index (χ0v) is 17.7. The minimum absolute atomic E-state index is 0.168. The summed E-state index contributed by atoms with van der Waals surface area (Å²) in [5.74, 6) is 0.532. The Bertz CT molecular complexity index is 1070. The lowest BCUT2D eigenvalue weighted by molar-refractivity contribution is -0.118. The van der Waals surface area contributed by atoms with Crippen molar-refractivity contribution in [3.8, 4) is 5.75 Å². The van der Waals surface area contributed by atoms with E-state index < -0.39 is 0 Å². The van der Waals surface area contributed by atoms with Gasteiger partial charge in [0.2, 0.25) is 5.91 Å². The summed E-state index contributed by atoms with van der Waals surface area (Å²) in [6.07, 6.45) is 5.25. The molecule has 3 heterocycles. The van der Waals surface area contributed by atoms with Crippen LogP contribution in [0.2, 0.25) is 0 Å². The second kappa shape index (κ2) is 8.73. The first-order chi connectivity index (χ1) is 15.2. The Morgan fingerprint density at radius 1 is 1.10 bits per heavy atom. The van der Waals surface area contributed by atoms with Crippen molar-refractivity contribution in [2.45, 2.75) is 38.0 Å². The molecule has 31 heavy (non-hydrogen) atoms. The summed E-state index contributed by atoms with van der Waals surface area (Å²) in [6.45, 7) is 3.93. The smallest absolute Gasteiger partial charge is 0.237 e. The van der Waals surface area contributed by atoms with Crippen LogP contribution in [0.25, 0.3) is 10.9 Å². The van der Waals surface area contributed by atoms with Crippen LogP contribution >= 0.6 is 0 Å². The van der Waals surface area contributed by atoms with Crippen molar-refractivity contribution in [2.24, 2.45) is 5.73 Å². The van der Waals surface area contributed by atoms with E-state index in [-0.39, 0.29) is 24.7 Å². The van der Waals surface area contributed by atoms with Crippen LogP contribution in [0.3, 0.4) is 0 Å². The van der Waals surface area contributed by atoms with Crippen LogP contribution < -0.4 is 10.5 Å². The van der Waals surface area contributed by atoms with E-state index in [4.69, 9.17) is 15.2 Å². The number of hydrogen-bond acceptors (Lipinski definition) is 4. The third-order valence-electron chi connectivity index (χ3n) is 6.44. The van der Waals surface area contributed by atoms with Crippen molar-refractivity contribution in [2.75, 3.05) is 26.2 Å². The Balaban J connectivity index is 1.20. The van der Waals surface area contributed by atoms with Gasteiger partial charge in [-0.25, -0.2) is 0 Å². The average molecular weight is 420 g/mol. The largest absolute Gasteiger partial charge is 0.490 e. The Kier molecular flexibility index (Phi) is 5.66. The van der Waals surface area contributed by atoms with E-state index in [9.17, 15) is 4.79 Å². The number of nitrogens with two attached hydrogens (primary N) is 1. The van der Waals surface area contributed by atoms with Crippen molar-refractivity contribution in [1.29, 1.82) is 0 Å². The first-order valence-electron chi connectivity index (χ1n) is 11.1. The van der Waals surface area contributed by atoms with Gasteiger partial charge in [-0.3, -0.25) is 4.79 Å². The summed E-state index contributed by atoms with van der Waals surface area (Å²) in [7, 11) is 0. The third kappa shape index (κ3) is 4.31. The van der Waals surface area contributed by atoms with Crippen LogP contribution in [-0.2, 0) is 22.5 Å². The number of fused-ring (bicyclic) bond motifs is 2. The van der Waals surface area contributed by atoms with Crippen molar-refractivity contribution >= 4 is 16.8 Å². The van der Waals surface area contributed by atoms with Gasteiger partial charge in [-0.1, -0.05) is 30.3 Å². The Labute approximate surface area is 182 Å². The van der Waals surface area contributed by atoms with Gasteiger partial charge in [-0.2, -0.15) is 0 Å². The summed E-state index contributed by atoms with van der Waals surface area (Å²) in [5, 5.41) is 1.03. The molecule has 0 radical (unpaired) electrons. The molecule has 1 fully saturated rings. The molecule has 0 saturated carbocycles. The highest BCUT2D eigenvalue weighted by molar-refractivity contribution is 5.87. The summed E-state index contributed by atoms with van der Waals surface area (Å²) in [4.78, 5) is 13.8. The van der Waals surface area contributed by atoms with Gasteiger partial charge in [0.05, 0.1) is 18.2 Å². The fourth-order valence-electron chi connectivity index (χ4n) is 4.86. The molecule has 1 amide bonds. The summed E-state index contributed by atoms with van der Waals surface area (Å²) in [6, 6.07) is 16.6. The van der Waals surface area contributed by atoms with E-state index in [1.165, 1.54) is 11.1 Å². The van der Waals surface area contributed by atoms with Crippen LogP contribution in [0.1, 0.15) is 30.1 Å². The molecule has 0 spiro atoms. The number of ether oxygens (including phenoxy) is 2. The second-order valence-electron chi connectivity index (χ2n) is 8.52.